The van der Waals surface area contributed by atoms with Gasteiger partial charge in [0.2, 0.25) is 0 Å². The highest BCUT2D eigenvalue weighted by Crippen LogP contribution is 2.26. The van der Waals surface area contributed by atoms with Crippen LogP contribution >= 0.6 is 0 Å². The maximum Gasteiger partial charge on any atom is 0.344 e. The molecule has 1 N–H and O–H groups in total. The topological polar surface area (TPSA) is 68.0 Å². The first-order valence-corrected chi connectivity index (χ1v) is 7.14. The molecule has 0 aliphatic heterocycles. The van der Waals surface area contributed by atoms with Crippen LogP contribution in [0.2, 0.25) is 0 Å². The largest absolute Gasteiger partial charge is 0.506 e. The molecule has 0 saturated carbocycles. The molecule has 2 aromatic heterocycles. The number of aromatic nitrogens is 1. The maximum atomic E-state index is 12.4. The Morgan fingerprint density at radius 3 is 2.76 bits per heavy atom. The van der Waals surface area contributed by atoms with Crippen LogP contribution in [0.15, 0.2) is 29.2 Å². The van der Waals surface area contributed by atoms with Crippen molar-refractivity contribution in [3.8, 4) is 5.75 Å². The highest BCUT2D eigenvalue weighted by Gasteiger charge is 2.22. The first-order chi connectivity index (χ1) is 10.1. The molecule has 2 aromatic rings. The zero-order valence-electron chi connectivity index (χ0n) is 12.3. The van der Waals surface area contributed by atoms with Crippen LogP contribution in [0, 0.1) is 0 Å². The standard InChI is InChI=1S/C16H19NO4/c1-3-5-8-11-14(18)13(16(20)21-4-2)12-9-6-7-10-17(12)15(11)19/h6-7,9-10,18H,3-5,8H2,1-2H3. The third kappa shape index (κ3) is 2.77. The number of hydrogen-bond donors (Lipinski definition) is 1. The molecule has 2 heterocycles. The van der Waals surface area contributed by atoms with Gasteiger partial charge in [0.05, 0.1) is 17.7 Å². The molecule has 21 heavy (non-hydrogen) atoms. The normalized spacial score (nSPS) is 10.8. The molecule has 5 heteroatoms. The van der Waals surface area contributed by atoms with Crippen molar-refractivity contribution in [3.05, 3.63) is 45.9 Å². The predicted octanol–water partition coefficient (Wildman–Crippen LogP) is 2.52. The van der Waals surface area contributed by atoms with Crippen LogP contribution in [-0.4, -0.2) is 22.1 Å². The molecule has 0 radical (unpaired) electrons. The summed E-state index contributed by atoms with van der Waals surface area (Å²) >= 11 is 0. The molecule has 0 aliphatic carbocycles. The molecular formula is C16H19NO4. The summed E-state index contributed by atoms with van der Waals surface area (Å²) in [4.78, 5) is 24.6. The molecule has 0 unspecified atom stereocenters. The summed E-state index contributed by atoms with van der Waals surface area (Å²) in [6.07, 6.45) is 3.69. The number of rotatable bonds is 5. The Morgan fingerprint density at radius 1 is 1.33 bits per heavy atom. The fraction of sp³-hybridized carbons (Fsp3) is 0.375. The van der Waals surface area contributed by atoms with Crippen LogP contribution in [0.25, 0.3) is 5.52 Å². The number of pyridine rings is 2. The van der Waals surface area contributed by atoms with Crippen molar-refractivity contribution in [1.29, 1.82) is 0 Å². The van der Waals surface area contributed by atoms with Crippen LogP contribution in [0.5, 0.6) is 5.75 Å². The molecule has 2 rings (SSSR count). The Hall–Kier alpha value is -2.30. The summed E-state index contributed by atoms with van der Waals surface area (Å²) in [5, 5.41) is 10.4. The smallest absolute Gasteiger partial charge is 0.344 e. The zero-order valence-corrected chi connectivity index (χ0v) is 12.3. The van der Waals surface area contributed by atoms with E-state index in [1.54, 1.807) is 31.3 Å². The number of hydrogen-bond acceptors (Lipinski definition) is 4. The molecule has 5 nitrogen and oxygen atoms in total. The number of carbonyl (C=O) groups excluding carboxylic acids is 1. The van der Waals surface area contributed by atoms with Gasteiger partial charge in [-0.15, -0.1) is 0 Å². The van der Waals surface area contributed by atoms with Gasteiger partial charge in [-0.05, 0) is 31.9 Å². The second-order valence-corrected chi connectivity index (χ2v) is 4.79. The monoisotopic (exact) mass is 289 g/mol. The lowest BCUT2D eigenvalue weighted by Gasteiger charge is -2.13. The van der Waals surface area contributed by atoms with Crippen molar-refractivity contribution in [2.45, 2.75) is 33.1 Å². The third-order valence-electron chi connectivity index (χ3n) is 3.38. The SMILES string of the molecule is CCCCc1c(O)c(C(=O)OCC)c2ccccn2c1=O. The number of ether oxygens (including phenoxy) is 1. The molecule has 0 atom stereocenters. The van der Waals surface area contributed by atoms with E-state index in [2.05, 4.69) is 0 Å². The lowest BCUT2D eigenvalue weighted by molar-refractivity contribution is 0.0524. The number of nitrogens with zero attached hydrogens (tertiary/aromatic N) is 1. The Labute approximate surface area is 122 Å². The zero-order chi connectivity index (χ0) is 15.4. The first-order valence-electron chi connectivity index (χ1n) is 7.14. The van der Waals surface area contributed by atoms with Crippen molar-refractivity contribution < 1.29 is 14.6 Å². The fourth-order valence-corrected chi connectivity index (χ4v) is 2.33. The van der Waals surface area contributed by atoms with Gasteiger partial charge in [-0.1, -0.05) is 19.4 Å². The molecule has 0 saturated heterocycles. The van der Waals surface area contributed by atoms with Crippen LogP contribution < -0.4 is 5.56 Å². The van der Waals surface area contributed by atoms with Crippen molar-refractivity contribution in [3.63, 3.8) is 0 Å². The lowest BCUT2D eigenvalue weighted by atomic mass is 10.0. The van der Waals surface area contributed by atoms with Gasteiger partial charge in [0, 0.05) is 6.20 Å². The van der Waals surface area contributed by atoms with Gasteiger partial charge in [-0.2, -0.15) is 0 Å². The molecule has 112 valence electrons. The second-order valence-electron chi connectivity index (χ2n) is 4.79. The van der Waals surface area contributed by atoms with Crippen LogP contribution in [0.4, 0.5) is 0 Å². The summed E-state index contributed by atoms with van der Waals surface area (Å²) in [6, 6.07) is 5.05. The molecule has 0 aromatic carbocycles. The van der Waals surface area contributed by atoms with E-state index in [9.17, 15) is 14.7 Å². The average Bonchev–Trinajstić information content (AvgIpc) is 2.47. The number of fused-ring (bicyclic) bond motifs is 1. The number of unbranched alkanes of at least 4 members (excludes halogenated alkanes) is 1. The lowest BCUT2D eigenvalue weighted by Crippen LogP contribution is -2.22. The Kier molecular flexibility index (Phi) is 4.62. The molecule has 0 aliphatic rings. The van der Waals surface area contributed by atoms with E-state index < -0.39 is 5.97 Å². The summed E-state index contributed by atoms with van der Waals surface area (Å²) in [7, 11) is 0. The summed E-state index contributed by atoms with van der Waals surface area (Å²) in [5.74, 6) is -0.866. The van der Waals surface area contributed by atoms with E-state index in [1.165, 1.54) is 4.40 Å². The number of esters is 1. The van der Waals surface area contributed by atoms with Gasteiger partial charge in [-0.3, -0.25) is 9.20 Å². The average molecular weight is 289 g/mol. The third-order valence-corrected chi connectivity index (χ3v) is 3.38. The van der Waals surface area contributed by atoms with Crippen molar-refractivity contribution >= 4 is 11.5 Å². The Morgan fingerprint density at radius 2 is 2.10 bits per heavy atom. The quantitative estimate of drug-likeness (QED) is 0.859. The van der Waals surface area contributed by atoms with Gasteiger partial charge >= 0.3 is 5.97 Å². The summed E-state index contributed by atoms with van der Waals surface area (Å²) in [5.41, 5.74) is 0.398. The Bertz CT molecular complexity index is 718. The summed E-state index contributed by atoms with van der Waals surface area (Å²) < 4.78 is 6.39. The van der Waals surface area contributed by atoms with Crippen LogP contribution in [0.1, 0.15) is 42.6 Å². The molecule has 0 bridgehead atoms. The predicted molar refractivity (Wildman–Crippen MR) is 79.9 cm³/mol. The van der Waals surface area contributed by atoms with Gasteiger partial charge in [0.25, 0.3) is 5.56 Å². The minimum atomic E-state index is -0.614. The highest BCUT2D eigenvalue weighted by atomic mass is 16.5. The minimum absolute atomic E-state index is 0.0585. The van der Waals surface area contributed by atoms with E-state index >= 15 is 0 Å². The second kappa shape index (κ2) is 6.43. The van der Waals surface area contributed by atoms with Crippen molar-refractivity contribution in [2.75, 3.05) is 6.61 Å². The van der Waals surface area contributed by atoms with Gasteiger partial charge in [0.15, 0.2) is 0 Å². The van der Waals surface area contributed by atoms with Crippen molar-refractivity contribution in [1.82, 2.24) is 4.40 Å². The number of aromatic hydroxyl groups is 1. The van der Waals surface area contributed by atoms with Gasteiger partial charge in [0.1, 0.15) is 11.3 Å². The molecular weight excluding hydrogens is 270 g/mol. The highest BCUT2D eigenvalue weighted by molar-refractivity contribution is 6.00. The number of carbonyl (C=O) groups is 1. The molecule has 0 fully saturated rings. The molecule has 0 amide bonds. The fourth-order valence-electron chi connectivity index (χ4n) is 2.33. The van der Waals surface area contributed by atoms with E-state index in [-0.39, 0.29) is 29.0 Å². The molecule has 0 spiro atoms. The van der Waals surface area contributed by atoms with Gasteiger partial charge < -0.3 is 9.84 Å². The van der Waals surface area contributed by atoms with E-state index in [0.717, 1.165) is 12.8 Å². The van der Waals surface area contributed by atoms with Crippen LogP contribution in [-0.2, 0) is 11.2 Å². The van der Waals surface area contributed by atoms with Crippen molar-refractivity contribution in [2.24, 2.45) is 0 Å². The van der Waals surface area contributed by atoms with Gasteiger partial charge in [-0.25, -0.2) is 4.79 Å². The van der Waals surface area contributed by atoms with E-state index in [4.69, 9.17) is 4.74 Å². The first kappa shape index (κ1) is 15.1. The Balaban J connectivity index is 2.75. The van der Waals surface area contributed by atoms with E-state index in [1.807, 2.05) is 6.92 Å². The maximum absolute atomic E-state index is 12.4. The van der Waals surface area contributed by atoms with Crippen LogP contribution in [0.3, 0.4) is 0 Å². The van der Waals surface area contributed by atoms with E-state index in [0.29, 0.717) is 11.9 Å². The minimum Gasteiger partial charge on any atom is -0.506 e. The summed E-state index contributed by atoms with van der Waals surface area (Å²) in [6.45, 7) is 3.91.